The highest BCUT2D eigenvalue weighted by atomic mass is 16.5. The molecular formula is C21H22N2O. The van der Waals surface area contributed by atoms with Gasteiger partial charge in [-0.3, -0.25) is 4.99 Å². The van der Waals surface area contributed by atoms with Gasteiger partial charge in [-0.25, -0.2) is 0 Å². The van der Waals surface area contributed by atoms with Crippen molar-refractivity contribution in [2.75, 3.05) is 24.5 Å². The SMILES string of the molecule is C=C1Oc2c(cc3c4c2CCCN4CCC3)C=C1C1=NCCC=C1. The number of anilines is 1. The average Bonchev–Trinajstić information content (AvgIpc) is 2.63. The molecule has 122 valence electrons. The Morgan fingerprint density at radius 1 is 1.17 bits per heavy atom. The molecule has 0 aromatic heterocycles. The predicted octanol–water partition coefficient (Wildman–Crippen LogP) is 4.08. The first-order chi connectivity index (χ1) is 11.8. The van der Waals surface area contributed by atoms with E-state index in [1.807, 2.05) is 0 Å². The maximum absolute atomic E-state index is 6.26. The van der Waals surface area contributed by atoms with Crippen LogP contribution in [0.25, 0.3) is 6.08 Å². The number of hydrogen-bond acceptors (Lipinski definition) is 3. The van der Waals surface area contributed by atoms with E-state index in [1.54, 1.807) is 0 Å². The van der Waals surface area contributed by atoms with E-state index in [1.165, 1.54) is 54.7 Å². The summed E-state index contributed by atoms with van der Waals surface area (Å²) in [7, 11) is 0. The number of fused-ring (bicyclic) bond motifs is 2. The Morgan fingerprint density at radius 3 is 2.88 bits per heavy atom. The first-order valence-electron chi connectivity index (χ1n) is 9.05. The molecule has 4 aliphatic heterocycles. The third kappa shape index (κ3) is 2.07. The van der Waals surface area contributed by atoms with E-state index in [0.717, 1.165) is 42.2 Å². The molecule has 0 saturated heterocycles. The molecule has 0 spiro atoms. The minimum atomic E-state index is 0.733. The molecule has 0 unspecified atom stereocenters. The highest BCUT2D eigenvalue weighted by Crippen LogP contribution is 2.45. The van der Waals surface area contributed by atoms with Crippen molar-refractivity contribution in [3.05, 3.63) is 52.8 Å². The zero-order valence-corrected chi connectivity index (χ0v) is 14.0. The van der Waals surface area contributed by atoms with Gasteiger partial charge in [0.25, 0.3) is 0 Å². The molecule has 0 bridgehead atoms. The van der Waals surface area contributed by atoms with Gasteiger partial charge in [0, 0.05) is 42.0 Å². The Kier molecular flexibility index (Phi) is 3.15. The molecule has 0 atom stereocenters. The van der Waals surface area contributed by atoms with Crippen LogP contribution in [-0.2, 0) is 12.8 Å². The first kappa shape index (κ1) is 14.1. The number of dihydropyridines is 1. The number of rotatable bonds is 1. The minimum Gasteiger partial charge on any atom is -0.456 e. The fourth-order valence-electron chi connectivity index (χ4n) is 4.40. The fraction of sp³-hybridized carbons (Fsp3) is 0.381. The summed E-state index contributed by atoms with van der Waals surface area (Å²) in [6.45, 7) is 7.40. The summed E-state index contributed by atoms with van der Waals surface area (Å²) in [4.78, 5) is 7.20. The van der Waals surface area contributed by atoms with Gasteiger partial charge >= 0.3 is 0 Å². The van der Waals surface area contributed by atoms with Gasteiger partial charge in [0.05, 0.1) is 5.71 Å². The predicted molar refractivity (Wildman–Crippen MR) is 99.1 cm³/mol. The van der Waals surface area contributed by atoms with Gasteiger partial charge in [-0.2, -0.15) is 0 Å². The van der Waals surface area contributed by atoms with Crippen molar-refractivity contribution < 1.29 is 4.74 Å². The second-order valence-electron chi connectivity index (χ2n) is 7.02. The number of aliphatic imine (C=N–C) groups is 1. The molecule has 0 N–H and O–H groups in total. The molecule has 0 saturated carbocycles. The molecule has 4 heterocycles. The van der Waals surface area contributed by atoms with Crippen molar-refractivity contribution in [3.8, 4) is 5.75 Å². The Balaban J connectivity index is 1.67. The number of allylic oxidation sites excluding steroid dienone is 2. The van der Waals surface area contributed by atoms with E-state index in [9.17, 15) is 0 Å². The second kappa shape index (κ2) is 5.37. The molecule has 5 rings (SSSR count). The monoisotopic (exact) mass is 318 g/mol. The molecule has 0 fully saturated rings. The number of nitrogens with zero attached hydrogens (tertiary/aromatic N) is 2. The summed E-state index contributed by atoms with van der Waals surface area (Å²) in [5, 5.41) is 0. The maximum atomic E-state index is 6.26. The topological polar surface area (TPSA) is 24.8 Å². The molecule has 1 aromatic rings. The van der Waals surface area contributed by atoms with Gasteiger partial charge in [0.2, 0.25) is 0 Å². The number of hydrogen-bond donors (Lipinski definition) is 0. The normalized spacial score (nSPS) is 21.5. The highest BCUT2D eigenvalue weighted by Gasteiger charge is 2.30. The van der Waals surface area contributed by atoms with Gasteiger partial charge in [-0.15, -0.1) is 0 Å². The molecule has 3 heteroatoms. The van der Waals surface area contributed by atoms with Gasteiger partial charge < -0.3 is 9.64 Å². The third-order valence-corrected chi connectivity index (χ3v) is 5.46. The van der Waals surface area contributed by atoms with Crippen molar-refractivity contribution in [1.82, 2.24) is 0 Å². The van der Waals surface area contributed by atoms with E-state index in [-0.39, 0.29) is 0 Å². The highest BCUT2D eigenvalue weighted by molar-refractivity contribution is 6.14. The Morgan fingerprint density at radius 2 is 2.04 bits per heavy atom. The van der Waals surface area contributed by atoms with E-state index in [4.69, 9.17) is 4.74 Å². The standard InChI is InChI=1S/C21H22N2O/c1-14-18(19-8-2-3-9-22-19)13-16-12-15-6-4-10-23-11-5-7-17(20(15)23)21(16)24-14/h2,8,12-13H,1,3-7,9-11H2. The Hall–Kier alpha value is -2.29. The molecule has 4 aliphatic rings. The van der Waals surface area contributed by atoms with Crippen LogP contribution in [0.1, 0.15) is 36.0 Å². The van der Waals surface area contributed by atoms with Crippen LogP contribution in [0.4, 0.5) is 5.69 Å². The lowest BCUT2D eigenvalue weighted by molar-refractivity contribution is 0.429. The van der Waals surface area contributed by atoms with E-state index in [2.05, 4.69) is 40.8 Å². The zero-order chi connectivity index (χ0) is 16.1. The molecular weight excluding hydrogens is 296 g/mol. The summed E-state index contributed by atoms with van der Waals surface area (Å²) in [6, 6.07) is 2.34. The van der Waals surface area contributed by atoms with Crippen molar-refractivity contribution in [1.29, 1.82) is 0 Å². The quantitative estimate of drug-likeness (QED) is 0.779. The summed E-state index contributed by atoms with van der Waals surface area (Å²) in [6.07, 6.45) is 12.3. The van der Waals surface area contributed by atoms with Gasteiger partial charge in [-0.1, -0.05) is 12.7 Å². The molecule has 0 radical (unpaired) electrons. The van der Waals surface area contributed by atoms with Gasteiger partial charge in [0.1, 0.15) is 11.5 Å². The lowest BCUT2D eigenvalue weighted by atomic mass is 9.87. The van der Waals surface area contributed by atoms with Gasteiger partial charge in [0.15, 0.2) is 0 Å². The van der Waals surface area contributed by atoms with Crippen molar-refractivity contribution >= 4 is 17.5 Å². The number of ether oxygens (including phenoxy) is 1. The molecule has 1 aromatic carbocycles. The first-order valence-corrected chi connectivity index (χ1v) is 9.05. The van der Waals surface area contributed by atoms with Crippen LogP contribution in [0.15, 0.2) is 41.1 Å². The molecule has 24 heavy (non-hydrogen) atoms. The lowest BCUT2D eigenvalue weighted by Gasteiger charge is -2.38. The van der Waals surface area contributed by atoms with Crippen molar-refractivity contribution in [2.45, 2.75) is 32.1 Å². The zero-order valence-electron chi connectivity index (χ0n) is 14.0. The fourth-order valence-corrected chi connectivity index (χ4v) is 4.40. The second-order valence-corrected chi connectivity index (χ2v) is 7.02. The summed E-state index contributed by atoms with van der Waals surface area (Å²) in [5.74, 6) is 1.77. The van der Waals surface area contributed by atoms with E-state index >= 15 is 0 Å². The molecule has 3 nitrogen and oxygen atoms in total. The summed E-state index contributed by atoms with van der Waals surface area (Å²) < 4.78 is 6.26. The molecule has 0 amide bonds. The Labute approximate surface area is 143 Å². The lowest BCUT2D eigenvalue weighted by Crippen LogP contribution is -2.35. The van der Waals surface area contributed by atoms with Crippen LogP contribution in [0.3, 0.4) is 0 Å². The van der Waals surface area contributed by atoms with Crippen LogP contribution in [0.2, 0.25) is 0 Å². The van der Waals surface area contributed by atoms with Crippen LogP contribution in [0, 0.1) is 0 Å². The number of benzene rings is 1. The van der Waals surface area contributed by atoms with Crippen LogP contribution < -0.4 is 9.64 Å². The minimum absolute atomic E-state index is 0.733. The average molecular weight is 318 g/mol. The van der Waals surface area contributed by atoms with Crippen LogP contribution in [-0.4, -0.2) is 25.3 Å². The largest absolute Gasteiger partial charge is 0.456 e. The smallest absolute Gasteiger partial charge is 0.139 e. The van der Waals surface area contributed by atoms with Gasteiger partial charge in [-0.05, 0) is 55.9 Å². The summed E-state index contributed by atoms with van der Waals surface area (Å²) >= 11 is 0. The van der Waals surface area contributed by atoms with E-state index in [0.29, 0.717) is 0 Å². The van der Waals surface area contributed by atoms with Crippen molar-refractivity contribution in [3.63, 3.8) is 0 Å². The third-order valence-electron chi connectivity index (χ3n) is 5.46. The summed E-state index contributed by atoms with van der Waals surface area (Å²) in [5.41, 5.74) is 7.58. The van der Waals surface area contributed by atoms with E-state index < -0.39 is 0 Å². The van der Waals surface area contributed by atoms with Crippen LogP contribution >= 0.6 is 0 Å². The van der Waals surface area contributed by atoms with Crippen molar-refractivity contribution in [2.24, 2.45) is 4.99 Å². The van der Waals surface area contributed by atoms with Crippen LogP contribution in [0.5, 0.6) is 5.75 Å². The Bertz CT molecular complexity index is 827. The molecule has 0 aliphatic carbocycles. The number of aryl methyl sites for hydroxylation is 1. The maximum Gasteiger partial charge on any atom is 0.139 e.